The van der Waals surface area contributed by atoms with Crippen LogP contribution in [0.1, 0.15) is 25.1 Å². The molecule has 0 saturated heterocycles. The van der Waals surface area contributed by atoms with E-state index in [4.69, 9.17) is 4.74 Å². The van der Waals surface area contributed by atoms with Crippen molar-refractivity contribution in [3.8, 4) is 0 Å². The number of aliphatic hydroxyl groups is 1. The van der Waals surface area contributed by atoms with E-state index in [9.17, 15) is 9.90 Å². The summed E-state index contributed by atoms with van der Waals surface area (Å²) in [6.45, 7) is 4.01. The molecule has 0 fully saturated rings. The highest BCUT2D eigenvalue weighted by atomic mass is 16.5. The van der Waals surface area contributed by atoms with Crippen molar-refractivity contribution in [1.29, 1.82) is 0 Å². The minimum absolute atomic E-state index is 0.0269. The van der Waals surface area contributed by atoms with E-state index in [0.29, 0.717) is 5.69 Å². The number of hydrogen-bond acceptors (Lipinski definition) is 4. The number of alkyl carbamates (subject to hydrolysis) is 1. The molecule has 3 rings (SSSR count). The number of amides is 1. The van der Waals surface area contributed by atoms with Crippen LogP contribution < -0.4 is 5.32 Å². The van der Waals surface area contributed by atoms with Gasteiger partial charge in [0.05, 0.1) is 17.3 Å². The van der Waals surface area contributed by atoms with Crippen LogP contribution in [-0.2, 0) is 11.3 Å². The van der Waals surface area contributed by atoms with Crippen LogP contribution in [0.3, 0.4) is 0 Å². The fraction of sp³-hybridized carbons (Fsp3) is 0.217. The highest BCUT2D eigenvalue weighted by molar-refractivity contribution is 5.79. The Morgan fingerprint density at radius 1 is 1.07 bits per heavy atom. The molecule has 2 N–H and O–H groups in total. The van der Waals surface area contributed by atoms with Crippen LogP contribution in [0.2, 0.25) is 0 Å². The van der Waals surface area contributed by atoms with Gasteiger partial charge in [-0.1, -0.05) is 68.4 Å². The molecular formula is C23H24N2O3. The molecule has 0 unspecified atom stereocenters. The molecule has 0 aliphatic heterocycles. The highest BCUT2D eigenvalue weighted by Crippen LogP contribution is 2.17. The average molecular weight is 376 g/mol. The number of nitrogens with zero attached hydrogens (tertiary/aromatic N) is 1. The summed E-state index contributed by atoms with van der Waals surface area (Å²) < 4.78 is 5.26. The number of fused-ring (bicyclic) bond motifs is 1. The smallest absolute Gasteiger partial charge is 0.408 e. The topological polar surface area (TPSA) is 71.5 Å². The van der Waals surface area contributed by atoms with Crippen LogP contribution in [0.25, 0.3) is 17.0 Å². The second kappa shape index (κ2) is 9.04. The number of nitrogens with one attached hydrogen (secondary N) is 1. The van der Waals surface area contributed by atoms with Crippen molar-refractivity contribution in [2.24, 2.45) is 5.92 Å². The van der Waals surface area contributed by atoms with Crippen molar-refractivity contribution in [3.05, 3.63) is 83.7 Å². The van der Waals surface area contributed by atoms with Crippen LogP contribution in [-0.4, -0.2) is 22.2 Å². The van der Waals surface area contributed by atoms with E-state index < -0.39 is 12.1 Å². The molecule has 0 spiro atoms. The molecule has 1 amide bonds. The zero-order valence-corrected chi connectivity index (χ0v) is 16.0. The summed E-state index contributed by atoms with van der Waals surface area (Å²) >= 11 is 0. The molecule has 5 heteroatoms. The number of aliphatic hydroxyl groups excluding tert-OH is 1. The molecule has 1 atom stereocenters. The van der Waals surface area contributed by atoms with Crippen LogP contribution in [0.5, 0.6) is 0 Å². The van der Waals surface area contributed by atoms with E-state index in [-0.39, 0.29) is 18.3 Å². The van der Waals surface area contributed by atoms with Gasteiger partial charge in [-0.3, -0.25) is 0 Å². The molecule has 0 saturated carbocycles. The molecular weight excluding hydrogens is 352 g/mol. The first-order valence-corrected chi connectivity index (χ1v) is 9.26. The van der Waals surface area contributed by atoms with Gasteiger partial charge in [-0.25, -0.2) is 9.78 Å². The lowest BCUT2D eigenvalue weighted by Crippen LogP contribution is -2.40. The molecule has 2 aromatic carbocycles. The van der Waals surface area contributed by atoms with Gasteiger partial charge in [0, 0.05) is 11.5 Å². The monoisotopic (exact) mass is 376 g/mol. The Labute approximate surface area is 164 Å². The fourth-order valence-corrected chi connectivity index (χ4v) is 2.88. The van der Waals surface area contributed by atoms with Gasteiger partial charge in [0.1, 0.15) is 12.4 Å². The number of carbonyl (C=O) groups is 1. The maximum Gasteiger partial charge on any atom is 0.408 e. The van der Waals surface area contributed by atoms with Crippen LogP contribution in [0, 0.1) is 5.92 Å². The molecule has 28 heavy (non-hydrogen) atoms. The molecule has 0 radical (unpaired) electrons. The van der Waals surface area contributed by atoms with E-state index in [1.165, 1.54) is 0 Å². The van der Waals surface area contributed by atoms with Gasteiger partial charge in [-0.2, -0.15) is 0 Å². The van der Waals surface area contributed by atoms with E-state index >= 15 is 0 Å². The second-order valence-corrected chi connectivity index (χ2v) is 6.93. The van der Waals surface area contributed by atoms with E-state index in [1.54, 1.807) is 6.08 Å². The SMILES string of the molecule is CC(C)[C@H](NC(=O)OCc1ccccc1)/C(O)=C/c1ccc2ccccc2n1. The zero-order valence-electron chi connectivity index (χ0n) is 16.0. The van der Waals surface area contributed by atoms with Gasteiger partial charge in [0.2, 0.25) is 0 Å². The van der Waals surface area contributed by atoms with Crippen molar-refractivity contribution in [2.45, 2.75) is 26.5 Å². The summed E-state index contributed by atoms with van der Waals surface area (Å²) in [5, 5.41) is 14.4. The van der Waals surface area contributed by atoms with Crippen molar-refractivity contribution in [2.75, 3.05) is 0 Å². The third-order valence-electron chi connectivity index (χ3n) is 4.39. The lowest BCUT2D eigenvalue weighted by atomic mass is 10.0. The lowest BCUT2D eigenvalue weighted by molar-refractivity contribution is 0.131. The van der Waals surface area contributed by atoms with Gasteiger partial charge in [0.15, 0.2) is 0 Å². The van der Waals surface area contributed by atoms with Gasteiger partial charge in [-0.05, 0) is 23.6 Å². The number of benzene rings is 2. The Balaban J connectivity index is 1.69. The van der Waals surface area contributed by atoms with Gasteiger partial charge in [0.25, 0.3) is 0 Å². The van der Waals surface area contributed by atoms with Gasteiger partial charge >= 0.3 is 6.09 Å². The Kier molecular flexibility index (Phi) is 6.27. The number of pyridine rings is 1. The standard InChI is InChI=1S/C23H24N2O3/c1-16(2)22(25-23(27)28-15-17-8-4-3-5-9-17)21(26)14-19-13-12-18-10-6-7-11-20(18)24-19/h3-14,16,22,26H,15H2,1-2H3,(H,25,27)/b21-14-/t22-/m0/s1. The van der Waals surface area contributed by atoms with Crippen LogP contribution >= 0.6 is 0 Å². The first-order chi connectivity index (χ1) is 13.5. The summed E-state index contributed by atoms with van der Waals surface area (Å²) in [5.74, 6) is 0.00965. The normalized spacial score (nSPS) is 12.8. The minimum atomic E-state index is -0.575. The minimum Gasteiger partial charge on any atom is -0.510 e. The van der Waals surface area contributed by atoms with Gasteiger partial charge in [-0.15, -0.1) is 0 Å². The third kappa shape index (κ3) is 5.10. The number of carbonyl (C=O) groups excluding carboxylic acids is 1. The third-order valence-corrected chi connectivity index (χ3v) is 4.39. The average Bonchev–Trinajstić information content (AvgIpc) is 2.71. The molecule has 3 aromatic rings. The summed E-state index contributed by atoms with van der Waals surface area (Å²) in [4.78, 5) is 16.7. The predicted molar refractivity (Wildman–Crippen MR) is 111 cm³/mol. The first kappa shape index (κ1) is 19.4. The van der Waals surface area contributed by atoms with Gasteiger partial charge < -0.3 is 15.2 Å². The van der Waals surface area contributed by atoms with Crippen molar-refractivity contribution < 1.29 is 14.6 Å². The summed E-state index contributed by atoms with van der Waals surface area (Å²) in [6.07, 6.45) is 1.00. The quantitative estimate of drug-likeness (QED) is 0.588. The number of rotatable bonds is 6. The second-order valence-electron chi connectivity index (χ2n) is 6.93. The number of ether oxygens (including phenoxy) is 1. The van der Waals surface area contributed by atoms with E-state index in [2.05, 4.69) is 10.3 Å². The molecule has 0 aliphatic carbocycles. The summed E-state index contributed by atoms with van der Waals surface area (Å²) in [6, 6.07) is 20.4. The first-order valence-electron chi connectivity index (χ1n) is 9.26. The summed E-state index contributed by atoms with van der Waals surface area (Å²) in [5.41, 5.74) is 2.38. The molecule has 0 bridgehead atoms. The van der Waals surface area contributed by atoms with E-state index in [1.807, 2.05) is 80.6 Å². The van der Waals surface area contributed by atoms with Crippen molar-refractivity contribution >= 4 is 23.1 Å². The van der Waals surface area contributed by atoms with Crippen molar-refractivity contribution in [1.82, 2.24) is 10.3 Å². The highest BCUT2D eigenvalue weighted by Gasteiger charge is 2.21. The molecule has 1 aromatic heterocycles. The Morgan fingerprint density at radius 2 is 1.79 bits per heavy atom. The number of hydrogen-bond donors (Lipinski definition) is 2. The lowest BCUT2D eigenvalue weighted by Gasteiger charge is -2.21. The molecule has 0 aliphatic rings. The molecule has 1 heterocycles. The Bertz CT molecular complexity index is 968. The Morgan fingerprint density at radius 3 is 2.54 bits per heavy atom. The maximum absolute atomic E-state index is 12.2. The number of aromatic nitrogens is 1. The molecule has 5 nitrogen and oxygen atoms in total. The van der Waals surface area contributed by atoms with E-state index in [0.717, 1.165) is 16.5 Å². The Hall–Kier alpha value is -3.34. The summed E-state index contributed by atoms with van der Waals surface area (Å²) in [7, 11) is 0. The van der Waals surface area contributed by atoms with Crippen LogP contribution in [0.15, 0.2) is 72.5 Å². The molecule has 144 valence electrons. The van der Waals surface area contributed by atoms with Crippen molar-refractivity contribution in [3.63, 3.8) is 0 Å². The zero-order chi connectivity index (χ0) is 19.9. The number of para-hydroxylation sites is 1. The predicted octanol–water partition coefficient (Wildman–Crippen LogP) is 5.08. The largest absolute Gasteiger partial charge is 0.510 e. The fourth-order valence-electron chi connectivity index (χ4n) is 2.88. The van der Waals surface area contributed by atoms with Crippen LogP contribution in [0.4, 0.5) is 4.79 Å². The maximum atomic E-state index is 12.2.